The molecule has 0 aliphatic heterocycles. The first-order valence-corrected chi connectivity index (χ1v) is 14.0. The Kier molecular flexibility index (Phi) is 12.7. The molecule has 0 aliphatic rings. The maximum atomic E-state index is 11.1. The largest absolute Gasteiger partial charge is 0.497 e. The average molecular weight is 590 g/mol. The van der Waals surface area contributed by atoms with E-state index in [0.717, 1.165) is 42.1 Å². The summed E-state index contributed by atoms with van der Waals surface area (Å²) in [5, 5.41) is 9.15. The molecule has 0 aromatic heterocycles. The van der Waals surface area contributed by atoms with Crippen molar-refractivity contribution in [2.24, 2.45) is 0 Å². The number of ether oxygens (including phenoxy) is 3. The van der Waals surface area contributed by atoms with Crippen LogP contribution in [0.1, 0.15) is 41.5 Å². The summed E-state index contributed by atoms with van der Waals surface area (Å²) in [5.74, 6) is 1.57. The summed E-state index contributed by atoms with van der Waals surface area (Å²) in [7, 11) is 3.34. The Hall–Kier alpha value is -4.00. The Morgan fingerprint density at radius 1 is 0.810 bits per heavy atom. The standard InChI is InChI=1S/C35H39NO5.ClH/c1-26(41-32-16-10-11-27(21-32)22-35(37)38)19-20-36(24-30-17-18-31(39-2)23-34(30)40-3)25-33(28-12-6-4-7-13-28)29-14-8-5-9-15-29;/h4-18,21,23,26,33H,19-20,22,24-25H2,1-3H3,(H,37,38);1H/t26-;/m1./s1. The Balaban J connectivity index is 0.00000484. The van der Waals surface area contributed by atoms with Gasteiger partial charge >= 0.3 is 5.97 Å². The van der Waals surface area contributed by atoms with Crippen LogP contribution in [-0.4, -0.2) is 49.4 Å². The number of rotatable bonds is 15. The van der Waals surface area contributed by atoms with E-state index in [1.165, 1.54) is 11.1 Å². The second kappa shape index (κ2) is 16.4. The first-order chi connectivity index (χ1) is 19.9. The fourth-order valence-corrected chi connectivity index (χ4v) is 5.05. The molecule has 0 unspecified atom stereocenters. The van der Waals surface area contributed by atoms with E-state index in [4.69, 9.17) is 19.3 Å². The molecule has 0 spiro atoms. The minimum absolute atomic E-state index is 0. The van der Waals surface area contributed by atoms with Gasteiger partial charge in [-0.1, -0.05) is 78.9 Å². The number of carboxylic acid groups (broad SMARTS) is 1. The zero-order valence-electron chi connectivity index (χ0n) is 24.4. The van der Waals surface area contributed by atoms with Gasteiger partial charge in [0.2, 0.25) is 0 Å². The van der Waals surface area contributed by atoms with Gasteiger partial charge in [0, 0.05) is 37.2 Å². The van der Waals surface area contributed by atoms with Crippen LogP contribution in [-0.2, 0) is 17.8 Å². The fraction of sp³-hybridized carbons (Fsp3) is 0.286. The molecule has 0 saturated carbocycles. The number of hydrogen-bond donors (Lipinski definition) is 1. The molecule has 0 fully saturated rings. The Morgan fingerprint density at radius 3 is 2.07 bits per heavy atom. The van der Waals surface area contributed by atoms with Crippen molar-refractivity contribution in [1.29, 1.82) is 0 Å². The monoisotopic (exact) mass is 589 g/mol. The molecule has 4 aromatic rings. The molecule has 4 rings (SSSR count). The van der Waals surface area contributed by atoms with Crippen LogP contribution in [0, 0.1) is 0 Å². The summed E-state index contributed by atoms with van der Waals surface area (Å²) in [6, 6.07) is 34.6. The second-order valence-corrected chi connectivity index (χ2v) is 10.2. The number of nitrogens with zero attached hydrogens (tertiary/aromatic N) is 1. The minimum atomic E-state index is -0.855. The van der Waals surface area contributed by atoms with E-state index in [9.17, 15) is 4.79 Å². The number of methoxy groups -OCH3 is 2. The van der Waals surface area contributed by atoms with E-state index in [2.05, 4.69) is 78.6 Å². The summed E-state index contributed by atoms with van der Waals surface area (Å²) in [6.07, 6.45) is 0.698. The molecule has 42 heavy (non-hydrogen) atoms. The van der Waals surface area contributed by atoms with Gasteiger partial charge in [-0.05, 0) is 48.2 Å². The molecule has 0 bridgehead atoms. The van der Waals surface area contributed by atoms with E-state index < -0.39 is 5.97 Å². The molecule has 6 nitrogen and oxygen atoms in total. The van der Waals surface area contributed by atoms with Crippen molar-refractivity contribution in [3.05, 3.63) is 125 Å². The summed E-state index contributed by atoms with van der Waals surface area (Å²) < 4.78 is 17.4. The Labute approximate surface area is 255 Å². The van der Waals surface area contributed by atoms with Crippen LogP contribution in [0.5, 0.6) is 17.2 Å². The molecular weight excluding hydrogens is 550 g/mol. The summed E-state index contributed by atoms with van der Waals surface area (Å²) in [5.41, 5.74) is 4.35. The average Bonchev–Trinajstić information content (AvgIpc) is 2.99. The lowest BCUT2D eigenvalue weighted by Crippen LogP contribution is -2.32. The van der Waals surface area contributed by atoms with Crippen molar-refractivity contribution in [3.8, 4) is 17.2 Å². The maximum Gasteiger partial charge on any atom is 0.307 e. The van der Waals surface area contributed by atoms with Crippen molar-refractivity contribution in [2.45, 2.75) is 38.3 Å². The van der Waals surface area contributed by atoms with Crippen LogP contribution in [0.15, 0.2) is 103 Å². The Morgan fingerprint density at radius 2 is 1.48 bits per heavy atom. The smallest absolute Gasteiger partial charge is 0.307 e. The van der Waals surface area contributed by atoms with E-state index in [0.29, 0.717) is 12.3 Å². The third kappa shape index (κ3) is 9.54. The number of halogens is 1. The summed E-state index contributed by atoms with van der Waals surface area (Å²) in [4.78, 5) is 13.6. The predicted octanol–water partition coefficient (Wildman–Crippen LogP) is 7.24. The third-order valence-corrected chi connectivity index (χ3v) is 7.18. The normalized spacial score (nSPS) is 11.5. The molecule has 1 N–H and O–H groups in total. The van der Waals surface area contributed by atoms with E-state index in [1.54, 1.807) is 14.2 Å². The third-order valence-electron chi connectivity index (χ3n) is 7.18. The lowest BCUT2D eigenvalue weighted by atomic mass is 9.90. The number of hydrogen-bond acceptors (Lipinski definition) is 5. The molecule has 222 valence electrons. The van der Waals surface area contributed by atoms with Gasteiger partial charge in [0.1, 0.15) is 17.2 Å². The molecule has 0 aliphatic carbocycles. The highest BCUT2D eigenvalue weighted by atomic mass is 35.5. The van der Waals surface area contributed by atoms with Crippen LogP contribution in [0.4, 0.5) is 0 Å². The van der Waals surface area contributed by atoms with Crippen molar-refractivity contribution in [3.63, 3.8) is 0 Å². The molecule has 0 radical (unpaired) electrons. The number of aliphatic carboxylic acids is 1. The second-order valence-electron chi connectivity index (χ2n) is 10.2. The molecule has 0 saturated heterocycles. The summed E-state index contributed by atoms with van der Waals surface area (Å²) >= 11 is 0. The van der Waals surface area contributed by atoms with Crippen LogP contribution in [0.25, 0.3) is 0 Å². The SMILES string of the molecule is COc1ccc(CN(CC[C@@H](C)Oc2cccc(CC(=O)O)c2)CC(c2ccccc2)c2ccccc2)c(OC)c1.Cl. The topological polar surface area (TPSA) is 68.2 Å². The van der Waals surface area contributed by atoms with E-state index in [-0.39, 0.29) is 30.8 Å². The van der Waals surface area contributed by atoms with Gasteiger partial charge in [-0.2, -0.15) is 0 Å². The first-order valence-electron chi connectivity index (χ1n) is 14.0. The van der Waals surface area contributed by atoms with E-state index >= 15 is 0 Å². The maximum absolute atomic E-state index is 11.1. The number of benzene rings is 4. The van der Waals surface area contributed by atoms with Crippen LogP contribution < -0.4 is 14.2 Å². The van der Waals surface area contributed by atoms with Gasteiger partial charge in [-0.3, -0.25) is 9.69 Å². The van der Waals surface area contributed by atoms with Gasteiger partial charge in [0.05, 0.1) is 26.7 Å². The van der Waals surface area contributed by atoms with Gasteiger partial charge in [0.25, 0.3) is 0 Å². The highest BCUT2D eigenvalue weighted by molar-refractivity contribution is 5.85. The zero-order chi connectivity index (χ0) is 29.0. The van der Waals surface area contributed by atoms with Gasteiger partial charge in [0.15, 0.2) is 0 Å². The van der Waals surface area contributed by atoms with Crippen LogP contribution in [0.3, 0.4) is 0 Å². The van der Waals surface area contributed by atoms with Gasteiger partial charge < -0.3 is 19.3 Å². The minimum Gasteiger partial charge on any atom is -0.497 e. The van der Waals surface area contributed by atoms with Gasteiger partial charge in [-0.15, -0.1) is 12.4 Å². The lowest BCUT2D eigenvalue weighted by molar-refractivity contribution is -0.136. The summed E-state index contributed by atoms with van der Waals surface area (Å²) in [6.45, 7) is 4.36. The van der Waals surface area contributed by atoms with Crippen molar-refractivity contribution in [1.82, 2.24) is 4.90 Å². The highest BCUT2D eigenvalue weighted by Crippen LogP contribution is 2.30. The fourth-order valence-electron chi connectivity index (χ4n) is 5.05. The van der Waals surface area contributed by atoms with Gasteiger partial charge in [-0.25, -0.2) is 0 Å². The van der Waals surface area contributed by atoms with Crippen LogP contribution in [0.2, 0.25) is 0 Å². The number of carboxylic acids is 1. The number of carbonyl (C=O) groups is 1. The molecule has 7 heteroatoms. The molecule has 4 aromatic carbocycles. The molecule has 1 atom stereocenters. The van der Waals surface area contributed by atoms with Crippen molar-refractivity contribution in [2.75, 3.05) is 27.3 Å². The molecular formula is C35H40ClNO5. The quantitative estimate of drug-likeness (QED) is 0.158. The van der Waals surface area contributed by atoms with Crippen molar-refractivity contribution < 1.29 is 24.1 Å². The predicted molar refractivity (Wildman–Crippen MR) is 169 cm³/mol. The lowest BCUT2D eigenvalue weighted by Gasteiger charge is -2.30. The highest BCUT2D eigenvalue weighted by Gasteiger charge is 2.21. The Bertz CT molecular complexity index is 1340. The molecule has 0 heterocycles. The van der Waals surface area contributed by atoms with Crippen LogP contribution >= 0.6 is 12.4 Å². The zero-order valence-corrected chi connectivity index (χ0v) is 25.3. The first kappa shape index (κ1) is 32.5. The molecule has 0 amide bonds. The van der Waals surface area contributed by atoms with E-state index in [1.807, 2.05) is 36.4 Å². The van der Waals surface area contributed by atoms with Crippen molar-refractivity contribution >= 4 is 18.4 Å².